The third-order valence-electron chi connectivity index (χ3n) is 5.96. The van der Waals surface area contributed by atoms with Crippen molar-refractivity contribution >= 4 is 32.5 Å². The molecule has 34 heavy (non-hydrogen) atoms. The zero-order valence-corrected chi connectivity index (χ0v) is 20.7. The Morgan fingerprint density at radius 2 is 1.62 bits per heavy atom. The highest BCUT2D eigenvalue weighted by molar-refractivity contribution is 7.92. The number of furan rings is 1. The number of fused-ring (bicyclic) bond motifs is 1. The van der Waals surface area contributed by atoms with E-state index in [1.165, 1.54) is 11.4 Å². The summed E-state index contributed by atoms with van der Waals surface area (Å²) in [5, 5.41) is 0.652. The molecule has 0 aliphatic carbocycles. The van der Waals surface area contributed by atoms with Crippen molar-refractivity contribution in [1.29, 1.82) is 0 Å². The molecule has 0 aliphatic rings. The number of aryl methyl sites for hydroxylation is 1. The maximum Gasteiger partial charge on any atom is 0.232 e. The fourth-order valence-electron chi connectivity index (χ4n) is 3.93. The van der Waals surface area contributed by atoms with Gasteiger partial charge in [0.15, 0.2) is 5.78 Å². The first-order chi connectivity index (χ1) is 16.1. The number of anilines is 1. The minimum atomic E-state index is -3.55. The maximum atomic E-state index is 13.1. The molecule has 3 aromatic carbocycles. The van der Waals surface area contributed by atoms with E-state index < -0.39 is 10.0 Å². The number of rotatable bonds is 7. The largest absolute Gasteiger partial charge is 0.497 e. The maximum absolute atomic E-state index is 13.1. The SMILES string of the molecule is CCC(=O)c1c(-c2ccc(C)cc2)oc2cc(N(C)S(C)(=O)=O)c(-c3ccc(OC)cc3)cc12. The molecule has 0 fully saturated rings. The number of methoxy groups -OCH3 is 1. The molecule has 0 saturated heterocycles. The number of ketones is 1. The molecular weight excluding hydrogens is 450 g/mol. The Labute approximate surface area is 199 Å². The quantitative estimate of drug-likeness (QED) is 0.302. The van der Waals surface area contributed by atoms with E-state index in [1.54, 1.807) is 13.2 Å². The summed E-state index contributed by atoms with van der Waals surface area (Å²) in [5.74, 6) is 1.13. The molecule has 4 aromatic rings. The van der Waals surface area contributed by atoms with Crippen LogP contribution in [0.2, 0.25) is 0 Å². The standard InChI is InChI=1S/C27H27NO5S/c1-6-24(29)26-22-15-21(18-11-13-20(32-4)14-12-18)23(28(3)34(5,30)31)16-25(22)33-27(26)19-9-7-17(2)8-10-19/h7-16H,6H2,1-5H3. The molecule has 176 valence electrons. The van der Waals surface area contributed by atoms with E-state index in [-0.39, 0.29) is 5.78 Å². The second kappa shape index (κ2) is 8.99. The normalized spacial score (nSPS) is 11.6. The number of nitrogens with zero attached hydrogens (tertiary/aromatic N) is 1. The van der Waals surface area contributed by atoms with Crippen LogP contribution >= 0.6 is 0 Å². The Morgan fingerprint density at radius 1 is 1.00 bits per heavy atom. The first-order valence-electron chi connectivity index (χ1n) is 10.9. The summed E-state index contributed by atoms with van der Waals surface area (Å²) >= 11 is 0. The van der Waals surface area contributed by atoms with E-state index in [0.717, 1.165) is 22.9 Å². The highest BCUT2D eigenvalue weighted by Gasteiger charge is 2.25. The summed E-state index contributed by atoms with van der Waals surface area (Å²) < 4.78 is 37.6. The monoisotopic (exact) mass is 477 g/mol. The predicted molar refractivity (Wildman–Crippen MR) is 136 cm³/mol. The Balaban J connectivity index is 2.05. The van der Waals surface area contributed by atoms with Gasteiger partial charge in [0.1, 0.15) is 17.1 Å². The van der Waals surface area contributed by atoms with Gasteiger partial charge in [0.25, 0.3) is 0 Å². The Morgan fingerprint density at radius 3 is 2.18 bits per heavy atom. The minimum Gasteiger partial charge on any atom is -0.497 e. The van der Waals surface area contributed by atoms with E-state index in [0.29, 0.717) is 45.7 Å². The highest BCUT2D eigenvalue weighted by Crippen LogP contribution is 2.42. The molecule has 0 radical (unpaired) electrons. The van der Waals surface area contributed by atoms with Crippen molar-refractivity contribution in [2.24, 2.45) is 0 Å². The van der Waals surface area contributed by atoms with Crippen molar-refractivity contribution in [2.75, 3.05) is 24.7 Å². The topological polar surface area (TPSA) is 76.8 Å². The minimum absolute atomic E-state index is 0.0424. The van der Waals surface area contributed by atoms with Crippen molar-refractivity contribution in [3.05, 3.63) is 71.8 Å². The molecular formula is C27H27NO5S. The van der Waals surface area contributed by atoms with Crippen LogP contribution in [0.5, 0.6) is 5.75 Å². The van der Waals surface area contributed by atoms with E-state index >= 15 is 0 Å². The van der Waals surface area contributed by atoms with Crippen LogP contribution in [0, 0.1) is 6.92 Å². The van der Waals surface area contributed by atoms with E-state index in [1.807, 2.05) is 68.4 Å². The number of hydrogen-bond acceptors (Lipinski definition) is 5. The molecule has 0 aliphatic heterocycles. The van der Waals surface area contributed by atoms with Crippen LogP contribution in [0.1, 0.15) is 29.3 Å². The zero-order chi connectivity index (χ0) is 24.6. The molecule has 0 N–H and O–H groups in total. The van der Waals surface area contributed by atoms with E-state index in [9.17, 15) is 13.2 Å². The molecule has 0 amide bonds. The Hall–Kier alpha value is -3.58. The van der Waals surface area contributed by atoms with Gasteiger partial charge in [0.05, 0.1) is 24.6 Å². The van der Waals surface area contributed by atoms with Crippen LogP contribution in [0.15, 0.2) is 65.1 Å². The van der Waals surface area contributed by atoms with Gasteiger partial charge in [-0.1, -0.05) is 48.9 Å². The molecule has 0 bridgehead atoms. The average molecular weight is 478 g/mol. The fourth-order valence-corrected chi connectivity index (χ4v) is 4.44. The summed E-state index contributed by atoms with van der Waals surface area (Å²) in [5.41, 5.74) is 4.77. The summed E-state index contributed by atoms with van der Waals surface area (Å²) in [6.45, 7) is 3.81. The van der Waals surface area contributed by atoms with Crippen LogP contribution in [-0.2, 0) is 10.0 Å². The molecule has 7 heteroatoms. The number of hydrogen-bond donors (Lipinski definition) is 0. The van der Waals surface area contributed by atoms with Gasteiger partial charge in [-0.25, -0.2) is 8.42 Å². The highest BCUT2D eigenvalue weighted by atomic mass is 32.2. The third kappa shape index (κ3) is 4.31. The lowest BCUT2D eigenvalue weighted by Crippen LogP contribution is -2.25. The van der Waals surface area contributed by atoms with Crippen molar-refractivity contribution in [1.82, 2.24) is 0 Å². The fraction of sp³-hybridized carbons (Fsp3) is 0.222. The summed E-state index contributed by atoms with van der Waals surface area (Å²) in [6.07, 6.45) is 1.47. The van der Waals surface area contributed by atoms with Crippen LogP contribution < -0.4 is 9.04 Å². The van der Waals surface area contributed by atoms with Gasteiger partial charge >= 0.3 is 0 Å². The van der Waals surface area contributed by atoms with Crippen LogP contribution in [0.25, 0.3) is 33.4 Å². The van der Waals surface area contributed by atoms with Crippen LogP contribution in [0.3, 0.4) is 0 Å². The van der Waals surface area contributed by atoms with Gasteiger partial charge in [0.2, 0.25) is 10.0 Å². The molecule has 4 rings (SSSR count). The number of sulfonamides is 1. The van der Waals surface area contributed by atoms with Gasteiger partial charge in [-0.05, 0) is 30.7 Å². The van der Waals surface area contributed by atoms with Crippen molar-refractivity contribution in [2.45, 2.75) is 20.3 Å². The number of carbonyl (C=O) groups excluding carboxylic acids is 1. The average Bonchev–Trinajstić information content (AvgIpc) is 3.20. The van der Waals surface area contributed by atoms with Gasteiger partial charge in [0, 0.05) is 36.0 Å². The lowest BCUT2D eigenvalue weighted by molar-refractivity contribution is 0.0989. The summed E-state index contributed by atoms with van der Waals surface area (Å²) in [4.78, 5) is 13.1. The van der Waals surface area contributed by atoms with Crippen LogP contribution in [-0.4, -0.2) is 34.6 Å². The number of ether oxygens (including phenoxy) is 1. The van der Waals surface area contributed by atoms with Gasteiger partial charge in [-0.3, -0.25) is 9.10 Å². The van der Waals surface area contributed by atoms with Crippen molar-refractivity contribution in [3.8, 4) is 28.2 Å². The van der Waals surface area contributed by atoms with Crippen molar-refractivity contribution < 1.29 is 22.4 Å². The zero-order valence-electron chi connectivity index (χ0n) is 19.9. The molecule has 0 spiro atoms. The van der Waals surface area contributed by atoms with Gasteiger partial charge in [-0.15, -0.1) is 0 Å². The molecule has 6 nitrogen and oxygen atoms in total. The molecule has 0 atom stereocenters. The Kier molecular flexibility index (Phi) is 6.23. The van der Waals surface area contributed by atoms with Crippen molar-refractivity contribution in [3.63, 3.8) is 0 Å². The summed E-state index contributed by atoms with van der Waals surface area (Å²) in [7, 11) is -0.456. The van der Waals surface area contributed by atoms with E-state index in [4.69, 9.17) is 9.15 Å². The van der Waals surface area contributed by atoms with Gasteiger partial charge in [-0.2, -0.15) is 0 Å². The first kappa shape index (κ1) is 23.6. The lowest BCUT2D eigenvalue weighted by Gasteiger charge is -2.20. The molecule has 0 saturated carbocycles. The number of carbonyl (C=O) groups is 1. The van der Waals surface area contributed by atoms with Gasteiger partial charge < -0.3 is 9.15 Å². The first-order valence-corrected chi connectivity index (χ1v) is 12.8. The van der Waals surface area contributed by atoms with Crippen LogP contribution in [0.4, 0.5) is 5.69 Å². The lowest BCUT2D eigenvalue weighted by atomic mass is 9.96. The second-order valence-electron chi connectivity index (χ2n) is 8.27. The third-order valence-corrected chi connectivity index (χ3v) is 7.15. The second-order valence-corrected chi connectivity index (χ2v) is 10.3. The number of Topliss-reactive ketones (excluding diaryl/α,β-unsaturated/α-hetero) is 1. The van der Waals surface area contributed by atoms with E-state index in [2.05, 4.69) is 0 Å². The number of benzene rings is 3. The Bertz CT molecular complexity index is 1470. The molecule has 0 unspecified atom stereocenters. The molecule has 1 aromatic heterocycles. The predicted octanol–water partition coefficient (Wildman–Crippen LogP) is 6.07. The smallest absolute Gasteiger partial charge is 0.232 e. The molecule has 1 heterocycles. The summed E-state index contributed by atoms with van der Waals surface area (Å²) in [6, 6.07) is 18.7.